The van der Waals surface area contributed by atoms with E-state index < -0.39 is 23.8 Å². The van der Waals surface area contributed by atoms with Gasteiger partial charge in [-0.3, -0.25) is 0 Å². The molecule has 0 aliphatic rings. The molecule has 0 saturated carbocycles. The maximum Gasteiger partial charge on any atom is 0.501 e. The molecule has 1 rings (SSSR count). The van der Waals surface area contributed by atoms with E-state index in [1.165, 1.54) is 12.1 Å². The molecule has 0 amide bonds. The molecule has 0 unspecified atom stereocenters. The molecule has 5 nitrogen and oxygen atoms in total. The quantitative estimate of drug-likeness (QED) is 0.511. The lowest BCUT2D eigenvalue weighted by atomic mass is 10.2. The molecule has 1 aromatic carbocycles. The third kappa shape index (κ3) is 3.87. The molecule has 0 heterocycles. The number of halogens is 4. The van der Waals surface area contributed by atoms with Crippen LogP contribution in [0.4, 0.5) is 8.78 Å². The fourth-order valence-corrected chi connectivity index (χ4v) is 3.05. The van der Waals surface area contributed by atoms with E-state index in [1.807, 2.05) is 22.6 Å². The van der Waals surface area contributed by atoms with Crippen LogP contribution in [-0.2, 0) is 9.53 Å². The van der Waals surface area contributed by atoms with E-state index in [2.05, 4.69) is 9.47 Å². The molecule has 0 aliphatic carbocycles. The maximum atomic E-state index is 13.1. The lowest BCUT2D eigenvalue weighted by molar-refractivity contribution is -0.211. The summed E-state index contributed by atoms with van der Waals surface area (Å²) >= 11 is 3.54. The van der Waals surface area contributed by atoms with Crippen LogP contribution in [0.3, 0.4) is 0 Å². The third-order valence-corrected chi connectivity index (χ3v) is 3.32. The molecular formula is C10H6F2I2O5. The summed E-state index contributed by atoms with van der Waals surface area (Å²) in [5.74, 6) is -3.87. The van der Waals surface area contributed by atoms with Crippen molar-refractivity contribution in [2.75, 3.05) is 7.11 Å². The number of esters is 1. The molecule has 0 saturated heterocycles. The minimum absolute atomic E-state index is 0.172. The Morgan fingerprint density at radius 3 is 2.37 bits per heavy atom. The first-order valence-corrected chi connectivity index (χ1v) is 6.72. The lowest BCUT2D eigenvalue weighted by Crippen LogP contribution is -2.35. The zero-order valence-corrected chi connectivity index (χ0v) is 13.6. The second-order valence-electron chi connectivity index (χ2n) is 3.18. The molecule has 0 fully saturated rings. The van der Waals surface area contributed by atoms with E-state index >= 15 is 0 Å². The second-order valence-corrected chi connectivity index (χ2v) is 5.59. The van der Waals surface area contributed by atoms with E-state index in [1.54, 1.807) is 22.6 Å². The average molecular weight is 498 g/mol. The van der Waals surface area contributed by atoms with Crippen molar-refractivity contribution in [3.8, 4) is 5.75 Å². The van der Waals surface area contributed by atoms with E-state index in [9.17, 15) is 18.4 Å². The van der Waals surface area contributed by atoms with Crippen molar-refractivity contribution in [2.24, 2.45) is 0 Å². The topological polar surface area (TPSA) is 72.8 Å². The van der Waals surface area contributed by atoms with Crippen LogP contribution in [0.25, 0.3) is 0 Å². The van der Waals surface area contributed by atoms with Crippen molar-refractivity contribution in [3.63, 3.8) is 0 Å². The smallest absolute Gasteiger partial charge is 0.474 e. The van der Waals surface area contributed by atoms with Gasteiger partial charge in [0.1, 0.15) is 5.56 Å². The number of benzene rings is 1. The molecule has 19 heavy (non-hydrogen) atoms. The molecule has 9 heteroatoms. The molecule has 0 radical (unpaired) electrons. The highest BCUT2D eigenvalue weighted by atomic mass is 127. The Kier molecular flexibility index (Phi) is 5.29. The van der Waals surface area contributed by atoms with Crippen molar-refractivity contribution in [1.82, 2.24) is 0 Å². The average Bonchev–Trinajstić information content (AvgIpc) is 2.31. The number of carbonyl (C=O) groups excluding carboxylic acids is 1. The molecule has 104 valence electrons. The number of alkyl halides is 2. The number of ether oxygens (including phenoxy) is 2. The fourth-order valence-electron chi connectivity index (χ4n) is 1.10. The SMILES string of the molecule is COC(=O)c1cc(I)cc(I)c1OC(F)(F)C(=O)O. The Balaban J connectivity index is 3.34. The zero-order chi connectivity index (χ0) is 14.8. The van der Waals surface area contributed by atoms with Gasteiger partial charge in [-0.05, 0) is 57.3 Å². The number of aliphatic carboxylic acids is 1. The summed E-state index contributed by atoms with van der Waals surface area (Å²) in [6, 6.07) is 2.72. The van der Waals surface area contributed by atoms with Gasteiger partial charge in [0.05, 0.1) is 10.7 Å². The van der Waals surface area contributed by atoms with Crippen LogP contribution in [0.2, 0.25) is 0 Å². The van der Waals surface area contributed by atoms with Gasteiger partial charge >= 0.3 is 18.0 Å². The monoisotopic (exact) mass is 498 g/mol. The molecule has 1 aromatic rings. The van der Waals surface area contributed by atoms with Crippen LogP contribution < -0.4 is 4.74 Å². The zero-order valence-electron chi connectivity index (χ0n) is 9.25. The number of hydrogen-bond acceptors (Lipinski definition) is 4. The van der Waals surface area contributed by atoms with Crippen LogP contribution in [0.15, 0.2) is 12.1 Å². The van der Waals surface area contributed by atoms with Crippen molar-refractivity contribution in [2.45, 2.75) is 6.11 Å². The van der Waals surface area contributed by atoms with Gasteiger partial charge in [-0.2, -0.15) is 8.78 Å². The van der Waals surface area contributed by atoms with Crippen LogP contribution in [-0.4, -0.2) is 30.3 Å². The van der Waals surface area contributed by atoms with Gasteiger partial charge in [0, 0.05) is 3.57 Å². The fraction of sp³-hybridized carbons (Fsp3) is 0.200. The summed E-state index contributed by atoms with van der Waals surface area (Å²) in [5, 5.41) is 8.34. The Labute approximate surface area is 133 Å². The summed E-state index contributed by atoms with van der Waals surface area (Å²) in [6.45, 7) is 0. The van der Waals surface area contributed by atoms with Crippen LogP contribution in [0, 0.1) is 7.14 Å². The standard InChI is InChI=1S/C10H6F2I2O5/c1-18-8(15)5-2-4(13)3-6(14)7(5)19-10(11,12)9(16)17/h2-3H,1H3,(H,16,17). The molecule has 0 bridgehead atoms. The van der Waals surface area contributed by atoms with Gasteiger partial charge in [-0.1, -0.05) is 0 Å². The minimum atomic E-state index is -4.44. The minimum Gasteiger partial charge on any atom is -0.474 e. The third-order valence-electron chi connectivity index (χ3n) is 1.89. The second kappa shape index (κ2) is 6.15. The Hall–Kier alpha value is -0.720. The van der Waals surface area contributed by atoms with E-state index in [0.29, 0.717) is 3.57 Å². The van der Waals surface area contributed by atoms with E-state index in [4.69, 9.17) is 5.11 Å². The summed E-state index contributed by atoms with van der Waals surface area (Å²) in [7, 11) is 1.08. The highest BCUT2D eigenvalue weighted by molar-refractivity contribution is 14.1. The van der Waals surface area contributed by atoms with Crippen molar-refractivity contribution in [1.29, 1.82) is 0 Å². The van der Waals surface area contributed by atoms with Gasteiger partial charge in [0.2, 0.25) is 0 Å². The Bertz CT molecular complexity index is 533. The molecule has 0 aromatic heterocycles. The van der Waals surface area contributed by atoms with Gasteiger partial charge in [0.25, 0.3) is 0 Å². The van der Waals surface area contributed by atoms with Crippen LogP contribution >= 0.6 is 45.2 Å². The number of carboxylic acids is 1. The predicted molar refractivity (Wildman–Crippen MR) is 76.4 cm³/mol. The van der Waals surface area contributed by atoms with Crippen molar-refractivity contribution >= 4 is 57.1 Å². The summed E-state index contributed by atoms with van der Waals surface area (Å²) in [6.07, 6.45) is -4.44. The number of hydrogen-bond donors (Lipinski definition) is 1. The first-order chi connectivity index (χ1) is 8.69. The van der Waals surface area contributed by atoms with Crippen molar-refractivity contribution < 1.29 is 33.0 Å². The van der Waals surface area contributed by atoms with E-state index in [-0.39, 0.29) is 9.13 Å². The van der Waals surface area contributed by atoms with Gasteiger partial charge in [0.15, 0.2) is 5.75 Å². The molecule has 0 spiro atoms. The first-order valence-electron chi connectivity index (χ1n) is 4.56. The predicted octanol–water partition coefficient (Wildman–Crippen LogP) is 2.74. The molecular weight excluding hydrogens is 492 g/mol. The summed E-state index contributed by atoms with van der Waals surface area (Å²) < 4.78 is 35.5. The van der Waals surface area contributed by atoms with Crippen LogP contribution in [0.1, 0.15) is 10.4 Å². The Morgan fingerprint density at radius 1 is 1.32 bits per heavy atom. The molecule has 0 aliphatic heterocycles. The summed E-state index contributed by atoms with van der Waals surface area (Å²) in [4.78, 5) is 21.9. The van der Waals surface area contributed by atoms with Gasteiger partial charge in [-0.15, -0.1) is 0 Å². The highest BCUT2D eigenvalue weighted by Crippen LogP contribution is 2.33. The number of carboxylic acid groups (broad SMARTS) is 1. The highest BCUT2D eigenvalue weighted by Gasteiger charge is 2.44. The summed E-state index contributed by atoms with van der Waals surface area (Å²) in [5.41, 5.74) is -0.264. The Morgan fingerprint density at radius 2 is 1.89 bits per heavy atom. The van der Waals surface area contributed by atoms with Crippen molar-refractivity contribution in [3.05, 3.63) is 24.8 Å². The maximum absolute atomic E-state index is 13.1. The lowest BCUT2D eigenvalue weighted by Gasteiger charge is -2.17. The number of carbonyl (C=O) groups is 2. The largest absolute Gasteiger partial charge is 0.501 e. The normalized spacial score (nSPS) is 11.0. The van der Waals surface area contributed by atoms with E-state index in [0.717, 1.165) is 7.11 Å². The van der Waals surface area contributed by atoms with Gasteiger partial charge < -0.3 is 14.6 Å². The number of methoxy groups -OCH3 is 1. The van der Waals surface area contributed by atoms with Gasteiger partial charge in [-0.25, -0.2) is 9.59 Å². The van der Waals surface area contributed by atoms with Crippen LogP contribution in [0.5, 0.6) is 5.75 Å². The molecule has 1 N–H and O–H groups in total. The number of rotatable bonds is 4. The molecule has 0 atom stereocenters. The first kappa shape index (κ1) is 16.3.